The van der Waals surface area contributed by atoms with E-state index in [1.165, 1.54) is 4.90 Å². The SMILES string of the molecule is O=C1CN(c2c(Cl)cccc2Cl)C(=O)C2(CCCC2)N1. The Hall–Kier alpha value is -1.26. The third-order valence-electron chi connectivity index (χ3n) is 4.00. The maximum absolute atomic E-state index is 12.8. The first-order valence-electron chi connectivity index (χ1n) is 6.60. The molecule has 1 N–H and O–H groups in total. The Morgan fingerprint density at radius 3 is 2.30 bits per heavy atom. The molecule has 2 fully saturated rings. The van der Waals surface area contributed by atoms with Gasteiger partial charge in [0.25, 0.3) is 5.91 Å². The fourth-order valence-corrected chi connectivity index (χ4v) is 3.68. The highest BCUT2D eigenvalue weighted by atomic mass is 35.5. The number of hydrogen-bond donors (Lipinski definition) is 1. The smallest absolute Gasteiger partial charge is 0.253 e. The highest BCUT2D eigenvalue weighted by Gasteiger charge is 2.49. The second-order valence-corrected chi connectivity index (χ2v) is 6.11. The van der Waals surface area contributed by atoms with Gasteiger partial charge in [0.2, 0.25) is 5.91 Å². The van der Waals surface area contributed by atoms with Crippen LogP contribution in [0.15, 0.2) is 18.2 Å². The fraction of sp³-hybridized carbons (Fsp3) is 0.429. The van der Waals surface area contributed by atoms with E-state index in [0.29, 0.717) is 28.6 Å². The number of anilines is 1. The van der Waals surface area contributed by atoms with Crippen molar-refractivity contribution in [3.63, 3.8) is 0 Å². The summed E-state index contributed by atoms with van der Waals surface area (Å²) in [6.45, 7) is -0.0377. The van der Waals surface area contributed by atoms with E-state index in [9.17, 15) is 9.59 Å². The molecule has 106 valence electrons. The van der Waals surface area contributed by atoms with Crippen LogP contribution in [-0.4, -0.2) is 23.9 Å². The molecule has 0 radical (unpaired) electrons. The van der Waals surface area contributed by atoms with Crippen molar-refractivity contribution in [1.82, 2.24) is 5.32 Å². The summed E-state index contributed by atoms with van der Waals surface area (Å²) < 4.78 is 0. The van der Waals surface area contributed by atoms with Crippen LogP contribution in [0.4, 0.5) is 5.69 Å². The van der Waals surface area contributed by atoms with Gasteiger partial charge in [0, 0.05) is 0 Å². The summed E-state index contributed by atoms with van der Waals surface area (Å²) in [6, 6.07) is 5.06. The van der Waals surface area contributed by atoms with E-state index in [0.717, 1.165) is 12.8 Å². The highest BCUT2D eigenvalue weighted by Crippen LogP contribution is 2.39. The van der Waals surface area contributed by atoms with E-state index in [1.807, 2.05) is 0 Å². The molecule has 2 amide bonds. The maximum atomic E-state index is 12.8. The third-order valence-corrected chi connectivity index (χ3v) is 4.61. The van der Waals surface area contributed by atoms with Gasteiger partial charge in [-0.1, -0.05) is 42.1 Å². The molecule has 3 rings (SSSR count). The first-order valence-corrected chi connectivity index (χ1v) is 7.36. The molecule has 0 unspecified atom stereocenters. The summed E-state index contributed by atoms with van der Waals surface area (Å²) in [7, 11) is 0. The van der Waals surface area contributed by atoms with Crippen molar-refractivity contribution in [2.45, 2.75) is 31.2 Å². The molecular weight excluding hydrogens is 299 g/mol. The lowest BCUT2D eigenvalue weighted by molar-refractivity contribution is -0.135. The van der Waals surface area contributed by atoms with Crippen molar-refractivity contribution in [2.24, 2.45) is 0 Å². The second-order valence-electron chi connectivity index (χ2n) is 5.30. The standard InChI is InChI=1S/C14H14Cl2N2O2/c15-9-4-3-5-10(16)12(9)18-8-11(19)17-14(13(18)20)6-1-2-7-14/h3-5H,1-2,6-8H2,(H,17,19). The zero-order valence-electron chi connectivity index (χ0n) is 10.8. The molecule has 1 aromatic rings. The number of amides is 2. The topological polar surface area (TPSA) is 49.4 Å². The van der Waals surface area contributed by atoms with Crippen molar-refractivity contribution in [3.8, 4) is 0 Å². The molecule has 4 nitrogen and oxygen atoms in total. The van der Waals surface area contributed by atoms with E-state index < -0.39 is 5.54 Å². The minimum atomic E-state index is -0.766. The quantitative estimate of drug-likeness (QED) is 0.867. The average Bonchev–Trinajstić information content (AvgIpc) is 2.84. The summed E-state index contributed by atoms with van der Waals surface area (Å²) in [5, 5.41) is 3.63. The van der Waals surface area contributed by atoms with Crippen LogP contribution in [0.2, 0.25) is 10.0 Å². The monoisotopic (exact) mass is 312 g/mol. The largest absolute Gasteiger partial charge is 0.340 e. The number of benzene rings is 1. The number of carbonyl (C=O) groups is 2. The minimum Gasteiger partial charge on any atom is -0.340 e. The normalized spacial score (nSPS) is 21.4. The van der Waals surface area contributed by atoms with Crippen molar-refractivity contribution in [3.05, 3.63) is 28.2 Å². The fourth-order valence-electron chi connectivity index (χ4n) is 3.08. The lowest BCUT2D eigenvalue weighted by Crippen LogP contribution is -2.65. The van der Waals surface area contributed by atoms with Gasteiger partial charge in [-0.3, -0.25) is 14.5 Å². The number of nitrogens with zero attached hydrogens (tertiary/aromatic N) is 1. The van der Waals surface area contributed by atoms with Crippen LogP contribution in [0.25, 0.3) is 0 Å². The Kier molecular flexibility index (Phi) is 3.38. The van der Waals surface area contributed by atoms with Gasteiger partial charge in [-0.25, -0.2) is 0 Å². The van der Waals surface area contributed by atoms with Crippen LogP contribution < -0.4 is 10.2 Å². The van der Waals surface area contributed by atoms with E-state index in [-0.39, 0.29) is 18.4 Å². The van der Waals surface area contributed by atoms with E-state index in [2.05, 4.69) is 5.32 Å². The first kappa shape index (κ1) is 13.7. The molecule has 0 aromatic heterocycles. The van der Waals surface area contributed by atoms with Crippen LogP contribution in [0.5, 0.6) is 0 Å². The van der Waals surface area contributed by atoms with Crippen molar-refractivity contribution >= 4 is 40.7 Å². The van der Waals surface area contributed by atoms with Crippen LogP contribution in [-0.2, 0) is 9.59 Å². The number of para-hydroxylation sites is 1. The zero-order valence-corrected chi connectivity index (χ0v) is 12.3. The molecule has 6 heteroatoms. The van der Waals surface area contributed by atoms with Gasteiger partial charge in [-0.15, -0.1) is 0 Å². The molecule has 2 aliphatic rings. The second kappa shape index (κ2) is 4.93. The van der Waals surface area contributed by atoms with E-state index in [1.54, 1.807) is 18.2 Å². The van der Waals surface area contributed by atoms with E-state index in [4.69, 9.17) is 23.2 Å². The number of carbonyl (C=O) groups excluding carboxylic acids is 2. The number of nitrogens with one attached hydrogen (secondary N) is 1. The summed E-state index contributed by atoms with van der Waals surface area (Å²) in [4.78, 5) is 26.2. The summed E-state index contributed by atoms with van der Waals surface area (Å²) in [5.74, 6) is -0.271. The van der Waals surface area contributed by atoms with Gasteiger partial charge in [0.15, 0.2) is 0 Å². The van der Waals surface area contributed by atoms with Gasteiger partial charge in [-0.2, -0.15) is 0 Å². The highest BCUT2D eigenvalue weighted by molar-refractivity contribution is 6.40. The summed E-state index contributed by atoms with van der Waals surface area (Å²) in [6.07, 6.45) is 3.23. The molecule has 20 heavy (non-hydrogen) atoms. The van der Waals surface area contributed by atoms with Gasteiger partial charge < -0.3 is 5.32 Å². The number of halogens is 2. The van der Waals surface area contributed by atoms with Crippen LogP contribution in [0.1, 0.15) is 25.7 Å². The predicted octanol–water partition coefficient (Wildman–Crippen LogP) is 2.77. The Labute approximate surface area is 127 Å². The average molecular weight is 313 g/mol. The number of hydrogen-bond acceptors (Lipinski definition) is 2. The molecular formula is C14H14Cl2N2O2. The lowest BCUT2D eigenvalue weighted by Gasteiger charge is -2.40. The molecule has 1 saturated carbocycles. The summed E-state index contributed by atoms with van der Waals surface area (Å²) in [5.41, 5.74) is -0.334. The molecule has 1 spiro atoms. The third kappa shape index (κ3) is 2.07. The molecule has 1 aromatic carbocycles. The Bertz CT molecular complexity index is 562. The molecule has 1 heterocycles. The van der Waals surface area contributed by atoms with Crippen molar-refractivity contribution in [2.75, 3.05) is 11.4 Å². The van der Waals surface area contributed by atoms with Gasteiger partial charge in [0.1, 0.15) is 12.1 Å². The minimum absolute atomic E-state index is 0.0377. The number of rotatable bonds is 1. The van der Waals surface area contributed by atoms with Gasteiger partial charge in [0.05, 0.1) is 15.7 Å². The molecule has 1 saturated heterocycles. The lowest BCUT2D eigenvalue weighted by atomic mass is 9.92. The van der Waals surface area contributed by atoms with E-state index >= 15 is 0 Å². The maximum Gasteiger partial charge on any atom is 0.253 e. The van der Waals surface area contributed by atoms with Crippen LogP contribution >= 0.6 is 23.2 Å². The van der Waals surface area contributed by atoms with Gasteiger partial charge >= 0.3 is 0 Å². The van der Waals surface area contributed by atoms with Crippen LogP contribution in [0, 0.1) is 0 Å². The predicted molar refractivity (Wildman–Crippen MR) is 78.2 cm³/mol. The Balaban J connectivity index is 2.04. The molecule has 1 aliphatic carbocycles. The first-order chi connectivity index (χ1) is 9.53. The van der Waals surface area contributed by atoms with Crippen molar-refractivity contribution in [1.29, 1.82) is 0 Å². The van der Waals surface area contributed by atoms with Crippen molar-refractivity contribution < 1.29 is 9.59 Å². The Morgan fingerprint density at radius 1 is 1.10 bits per heavy atom. The zero-order chi connectivity index (χ0) is 14.3. The number of piperazine rings is 1. The molecule has 1 aliphatic heterocycles. The molecule has 0 atom stereocenters. The van der Waals surface area contributed by atoms with Crippen LogP contribution in [0.3, 0.4) is 0 Å². The summed E-state index contributed by atoms with van der Waals surface area (Å²) >= 11 is 12.3. The van der Waals surface area contributed by atoms with Gasteiger partial charge in [-0.05, 0) is 25.0 Å². The molecule has 0 bridgehead atoms. The Morgan fingerprint density at radius 2 is 1.70 bits per heavy atom.